The first-order valence-electron chi connectivity index (χ1n) is 3.36. The van der Waals surface area contributed by atoms with Crippen LogP contribution in [0.15, 0.2) is 0 Å². The molecule has 2 saturated heterocycles. The van der Waals surface area contributed by atoms with Crippen LogP contribution >= 0.6 is 11.8 Å². The summed E-state index contributed by atoms with van der Waals surface area (Å²) in [6.45, 7) is 2.48. The van der Waals surface area contributed by atoms with Crippen molar-refractivity contribution in [3.63, 3.8) is 0 Å². The molecule has 2 heterocycles. The van der Waals surface area contributed by atoms with Gasteiger partial charge in [0, 0.05) is 24.2 Å². The highest BCUT2D eigenvalue weighted by molar-refractivity contribution is 7.99. The van der Waals surface area contributed by atoms with Crippen molar-refractivity contribution in [3.8, 4) is 0 Å². The minimum absolute atomic E-state index is 0.875. The summed E-state index contributed by atoms with van der Waals surface area (Å²) in [6.07, 6.45) is 0. The lowest BCUT2D eigenvalue weighted by atomic mass is 10.3. The molecular formula is C6H12N2S. The van der Waals surface area contributed by atoms with Gasteiger partial charge in [-0.2, -0.15) is 0 Å². The quantitative estimate of drug-likeness (QED) is 0.481. The lowest BCUT2D eigenvalue weighted by molar-refractivity contribution is 0.294. The summed E-state index contributed by atoms with van der Waals surface area (Å²) in [5.74, 6) is 2.61. The highest BCUT2D eigenvalue weighted by Crippen LogP contribution is 2.25. The molecule has 0 bridgehead atoms. The summed E-state index contributed by atoms with van der Waals surface area (Å²) in [5, 5.41) is 0. The summed E-state index contributed by atoms with van der Waals surface area (Å²) in [5.41, 5.74) is 0. The van der Waals surface area contributed by atoms with Crippen molar-refractivity contribution in [1.29, 1.82) is 0 Å². The Bertz CT molecular complexity index is 106. The lowest BCUT2D eigenvalue weighted by Crippen LogP contribution is -2.24. The van der Waals surface area contributed by atoms with Crippen LogP contribution in [0.5, 0.6) is 0 Å². The van der Waals surface area contributed by atoms with E-state index in [-0.39, 0.29) is 0 Å². The van der Waals surface area contributed by atoms with Crippen LogP contribution in [0.3, 0.4) is 0 Å². The van der Waals surface area contributed by atoms with E-state index in [0.29, 0.717) is 0 Å². The van der Waals surface area contributed by atoms with Crippen molar-refractivity contribution in [2.45, 2.75) is 6.04 Å². The van der Waals surface area contributed by atoms with E-state index in [0.717, 1.165) is 6.04 Å². The minimum atomic E-state index is 0.875. The van der Waals surface area contributed by atoms with E-state index in [1.54, 1.807) is 0 Å². The molecular weight excluding hydrogens is 132 g/mol. The lowest BCUT2D eigenvalue weighted by Gasteiger charge is -2.10. The Hall–Kier alpha value is 0.270. The van der Waals surface area contributed by atoms with E-state index < -0.39 is 0 Å². The fourth-order valence-corrected chi connectivity index (χ4v) is 2.79. The zero-order chi connectivity index (χ0) is 6.27. The maximum Gasteiger partial charge on any atom is 0.0515 e. The van der Waals surface area contributed by atoms with Crippen LogP contribution in [-0.4, -0.2) is 47.7 Å². The normalized spacial score (nSPS) is 37.7. The predicted molar refractivity (Wildman–Crippen MR) is 40.4 cm³/mol. The van der Waals surface area contributed by atoms with Gasteiger partial charge in [0.05, 0.1) is 6.67 Å². The van der Waals surface area contributed by atoms with E-state index in [1.165, 1.54) is 24.8 Å². The van der Waals surface area contributed by atoms with Gasteiger partial charge in [-0.25, -0.2) is 0 Å². The molecule has 0 aliphatic carbocycles. The van der Waals surface area contributed by atoms with E-state index in [4.69, 9.17) is 0 Å². The second-order valence-electron chi connectivity index (χ2n) is 2.92. The molecule has 2 aliphatic heterocycles. The van der Waals surface area contributed by atoms with Crippen LogP contribution in [0.2, 0.25) is 0 Å². The highest BCUT2D eigenvalue weighted by Gasteiger charge is 2.31. The fourth-order valence-electron chi connectivity index (χ4n) is 1.57. The maximum absolute atomic E-state index is 2.55. The van der Waals surface area contributed by atoms with Gasteiger partial charge in [-0.15, -0.1) is 11.8 Å². The molecule has 2 rings (SSSR count). The van der Waals surface area contributed by atoms with Crippen molar-refractivity contribution in [2.24, 2.45) is 0 Å². The molecule has 0 aromatic carbocycles. The Balaban J connectivity index is 2.02. The zero-order valence-corrected chi connectivity index (χ0v) is 6.52. The Morgan fingerprint density at radius 2 is 2.44 bits per heavy atom. The molecule has 1 unspecified atom stereocenters. The minimum Gasteiger partial charge on any atom is -0.292 e. The molecule has 0 N–H and O–H groups in total. The molecule has 0 aromatic heterocycles. The third-order valence-corrected chi connectivity index (χ3v) is 3.16. The molecule has 0 radical (unpaired) electrons. The second-order valence-corrected chi connectivity index (χ2v) is 3.92. The standard InChI is InChI=1S/C6H12N2S/c1-7-2-6-3-9-5-8(6)4-7/h6H,2-5H2,1H3. The maximum atomic E-state index is 2.55. The molecule has 0 amide bonds. The van der Waals surface area contributed by atoms with Crippen LogP contribution in [0.1, 0.15) is 0 Å². The van der Waals surface area contributed by atoms with Gasteiger partial charge in [0.2, 0.25) is 0 Å². The fraction of sp³-hybridized carbons (Fsp3) is 1.00. The van der Waals surface area contributed by atoms with Gasteiger partial charge in [-0.05, 0) is 7.05 Å². The summed E-state index contributed by atoms with van der Waals surface area (Å²) in [4.78, 5) is 4.94. The van der Waals surface area contributed by atoms with Crippen molar-refractivity contribution < 1.29 is 0 Å². The summed E-state index contributed by atoms with van der Waals surface area (Å²) in [6, 6.07) is 0.875. The molecule has 1 atom stereocenters. The number of thioether (sulfide) groups is 1. The Kier molecular flexibility index (Phi) is 1.43. The van der Waals surface area contributed by atoms with E-state index >= 15 is 0 Å². The second kappa shape index (κ2) is 2.15. The van der Waals surface area contributed by atoms with Gasteiger partial charge in [0.15, 0.2) is 0 Å². The Labute approximate surface area is 60.2 Å². The summed E-state index contributed by atoms with van der Waals surface area (Å²) in [7, 11) is 2.20. The van der Waals surface area contributed by atoms with Gasteiger partial charge in [0.25, 0.3) is 0 Å². The van der Waals surface area contributed by atoms with Gasteiger partial charge in [-0.1, -0.05) is 0 Å². The average Bonchev–Trinajstić information content (AvgIpc) is 2.22. The first kappa shape index (κ1) is 6.01. The largest absolute Gasteiger partial charge is 0.292 e. The molecule has 52 valence electrons. The Morgan fingerprint density at radius 3 is 3.22 bits per heavy atom. The van der Waals surface area contributed by atoms with Crippen LogP contribution in [-0.2, 0) is 0 Å². The third kappa shape index (κ3) is 0.974. The molecule has 0 saturated carbocycles. The number of nitrogens with zero attached hydrogens (tertiary/aromatic N) is 2. The van der Waals surface area contributed by atoms with Crippen molar-refractivity contribution in [1.82, 2.24) is 9.80 Å². The molecule has 2 fully saturated rings. The van der Waals surface area contributed by atoms with Crippen molar-refractivity contribution in [2.75, 3.05) is 31.9 Å². The topological polar surface area (TPSA) is 6.48 Å². The SMILES string of the molecule is CN1CC2CSCN2C1. The first-order chi connectivity index (χ1) is 4.36. The van der Waals surface area contributed by atoms with Gasteiger partial charge < -0.3 is 0 Å². The number of fused-ring (bicyclic) bond motifs is 1. The Morgan fingerprint density at radius 1 is 1.56 bits per heavy atom. The van der Waals surface area contributed by atoms with E-state index in [2.05, 4.69) is 28.6 Å². The number of hydrogen-bond acceptors (Lipinski definition) is 3. The van der Waals surface area contributed by atoms with E-state index in [9.17, 15) is 0 Å². The van der Waals surface area contributed by atoms with Gasteiger partial charge >= 0.3 is 0 Å². The molecule has 0 aromatic rings. The van der Waals surface area contributed by atoms with Gasteiger partial charge in [-0.3, -0.25) is 9.80 Å². The smallest absolute Gasteiger partial charge is 0.0515 e. The van der Waals surface area contributed by atoms with Crippen molar-refractivity contribution in [3.05, 3.63) is 0 Å². The van der Waals surface area contributed by atoms with Crippen molar-refractivity contribution >= 4 is 11.8 Å². The van der Waals surface area contributed by atoms with Crippen LogP contribution in [0.4, 0.5) is 0 Å². The monoisotopic (exact) mass is 144 g/mol. The summed E-state index contributed by atoms with van der Waals surface area (Å²) >= 11 is 2.07. The van der Waals surface area contributed by atoms with Crippen LogP contribution < -0.4 is 0 Å². The van der Waals surface area contributed by atoms with E-state index in [1.807, 2.05) is 0 Å². The molecule has 2 nitrogen and oxygen atoms in total. The first-order valence-corrected chi connectivity index (χ1v) is 4.52. The molecule has 0 spiro atoms. The number of rotatable bonds is 0. The third-order valence-electron chi connectivity index (χ3n) is 2.03. The molecule has 9 heavy (non-hydrogen) atoms. The zero-order valence-electron chi connectivity index (χ0n) is 5.71. The number of hydrogen-bond donors (Lipinski definition) is 0. The predicted octanol–water partition coefficient (Wildman–Crippen LogP) is 0.264. The summed E-state index contributed by atoms with van der Waals surface area (Å²) < 4.78 is 0. The number of likely N-dealkylation sites (N-methyl/N-ethyl adjacent to an activating group) is 1. The van der Waals surface area contributed by atoms with Gasteiger partial charge in [0.1, 0.15) is 0 Å². The van der Waals surface area contributed by atoms with Crippen LogP contribution in [0, 0.1) is 0 Å². The highest BCUT2D eigenvalue weighted by atomic mass is 32.2. The van der Waals surface area contributed by atoms with Crippen LogP contribution in [0.25, 0.3) is 0 Å². The average molecular weight is 144 g/mol. The molecule has 3 heteroatoms. The molecule has 2 aliphatic rings.